The fraction of sp³-hybridized carbons (Fsp3) is 0.571. The van der Waals surface area contributed by atoms with Gasteiger partial charge in [-0.1, -0.05) is 17.7 Å². The van der Waals surface area contributed by atoms with Crippen molar-refractivity contribution in [3.8, 4) is 0 Å². The molecule has 0 amide bonds. The minimum atomic E-state index is 0.287. The lowest BCUT2D eigenvalue weighted by molar-refractivity contribution is 0.606. The summed E-state index contributed by atoms with van der Waals surface area (Å²) >= 11 is 10.3. The summed E-state index contributed by atoms with van der Waals surface area (Å²) in [4.78, 5) is 3.97. The maximum Gasteiger partial charge on any atom is 0.0654 e. The van der Waals surface area contributed by atoms with Gasteiger partial charge >= 0.3 is 0 Å². The average Bonchev–Trinajstić information content (AvgIpc) is 1.88. The van der Waals surface area contributed by atoms with Crippen molar-refractivity contribution >= 4 is 29.0 Å². The summed E-state index contributed by atoms with van der Waals surface area (Å²) in [5, 5.41) is 3.29. The summed E-state index contributed by atoms with van der Waals surface area (Å²) in [7, 11) is 0. The minimum absolute atomic E-state index is 0.287. The Hall–Kier alpha value is -0.170. The van der Waals surface area contributed by atoms with E-state index in [4.69, 9.17) is 11.6 Å². The quantitative estimate of drug-likeness (QED) is 0.439. The van der Waals surface area contributed by atoms with Gasteiger partial charge in [-0.05, 0) is 25.1 Å². The lowest BCUT2D eigenvalue weighted by Gasteiger charge is -2.13. The molecule has 0 fully saturated rings. The molecule has 0 saturated carbocycles. The molecule has 54 valence electrons. The smallest absolute Gasteiger partial charge is 0.0654 e. The van der Waals surface area contributed by atoms with Crippen LogP contribution in [0.2, 0.25) is 0 Å². The van der Waals surface area contributed by atoms with Crippen molar-refractivity contribution in [1.82, 2.24) is 0 Å². The predicted octanol–water partition coefficient (Wildman–Crippen LogP) is 2.76. The molecule has 1 atom stereocenters. The number of hydrogen-bond donors (Lipinski definition) is 0. The first-order chi connectivity index (χ1) is 4.83. The second-order valence-corrected chi connectivity index (χ2v) is 2.97. The number of thiocarbonyl (C=S) groups is 1. The minimum Gasteiger partial charge on any atom is -0.229 e. The van der Waals surface area contributed by atoms with Crippen LogP contribution < -0.4 is 0 Å². The summed E-state index contributed by atoms with van der Waals surface area (Å²) in [5.41, 5.74) is 0. The Morgan fingerprint density at radius 3 is 3.20 bits per heavy atom. The molecule has 1 unspecified atom stereocenters. The summed E-state index contributed by atoms with van der Waals surface area (Å²) < 4.78 is 0. The van der Waals surface area contributed by atoms with Gasteiger partial charge in [-0.3, -0.25) is 0 Å². The third-order valence-corrected chi connectivity index (χ3v) is 1.95. The monoisotopic (exact) mass is 173 g/mol. The zero-order valence-electron chi connectivity index (χ0n) is 5.51. The van der Waals surface area contributed by atoms with Crippen molar-refractivity contribution in [2.75, 3.05) is 0 Å². The molecule has 0 saturated heterocycles. The second-order valence-electron chi connectivity index (χ2n) is 2.31. The summed E-state index contributed by atoms with van der Waals surface area (Å²) in [5.74, 6) is 0. The Kier molecular flexibility index (Phi) is 3.07. The van der Waals surface area contributed by atoms with Crippen LogP contribution in [0.25, 0.3) is 0 Å². The van der Waals surface area contributed by atoms with Gasteiger partial charge in [-0.15, -0.1) is 0 Å². The third-order valence-electron chi connectivity index (χ3n) is 1.53. The van der Waals surface area contributed by atoms with Gasteiger partial charge in [0.05, 0.1) is 11.2 Å². The molecule has 0 aromatic carbocycles. The number of hydrogen-bond acceptors (Lipinski definition) is 2. The molecular formula is C7H8ClNS. The van der Waals surface area contributed by atoms with Gasteiger partial charge in [0, 0.05) is 11.5 Å². The molecule has 0 N–H and O–H groups in total. The maximum absolute atomic E-state index is 5.79. The van der Waals surface area contributed by atoms with Crippen LogP contribution in [0.4, 0.5) is 0 Å². The summed E-state index contributed by atoms with van der Waals surface area (Å²) in [6.45, 7) is 0. The standard InChI is InChI=1S/C7H8ClNS/c8-6-2-1-3-7(4-6)9-5-10/h2,7H,1,3-4H2. The van der Waals surface area contributed by atoms with Crippen molar-refractivity contribution in [3.63, 3.8) is 0 Å². The number of isothiocyanates is 1. The van der Waals surface area contributed by atoms with Crippen LogP contribution in [-0.2, 0) is 0 Å². The van der Waals surface area contributed by atoms with E-state index < -0.39 is 0 Å². The molecule has 0 radical (unpaired) electrons. The molecule has 10 heavy (non-hydrogen) atoms. The fourth-order valence-electron chi connectivity index (χ4n) is 1.03. The molecule has 0 spiro atoms. The van der Waals surface area contributed by atoms with E-state index in [9.17, 15) is 0 Å². The van der Waals surface area contributed by atoms with Crippen LogP contribution in [0, 0.1) is 0 Å². The predicted molar refractivity (Wildman–Crippen MR) is 46.6 cm³/mol. The van der Waals surface area contributed by atoms with Gasteiger partial charge in [-0.2, -0.15) is 0 Å². The van der Waals surface area contributed by atoms with E-state index in [2.05, 4.69) is 22.4 Å². The fourth-order valence-corrected chi connectivity index (χ4v) is 1.46. The lowest BCUT2D eigenvalue weighted by atomic mass is 10.0. The number of aliphatic imine (C=N–C) groups is 1. The molecular weight excluding hydrogens is 166 g/mol. The SMILES string of the molecule is S=C=NC1CCC=C(Cl)C1. The van der Waals surface area contributed by atoms with E-state index in [1.807, 2.05) is 6.08 Å². The summed E-state index contributed by atoms with van der Waals surface area (Å²) in [6, 6.07) is 0.287. The first kappa shape index (κ1) is 7.93. The molecule has 1 aliphatic rings. The van der Waals surface area contributed by atoms with Crippen LogP contribution in [0.1, 0.15) is 19.3 Å². The summed E-state index contributed by atoms with van der Waals surface area (Å²) in [6.07, 6.45) is 4.95. The van der Waals surface area contributed by atoms with Crippen LogP contribution >= 0.6 is 23.8 Å². The van der Waals surface area contributed by atoms with E-state index in [1.165, 1.54) is 0 Å². The largest absolute Gasteiger partial charge is 0.229 e. The van der Waals surface area contributed by atoms with E-state index in [1.54, 1.807) is 0 Å². The van der Waals surface area contributed by atoms with Crippen LogP contribution in [-0.4, -0.2) is 11.2 Å². The first-order valence-electron chi connectivity index (χ1n) is 3.24. The van der Waals surface area contributed by atoms with E-state index in [-0.39, 0.29) is 6.04 Å². The molecule has 0 heterocycles. The van der Waals surface area contributed by atoms with Gasteiger partial charge in [0.25, 0.3) is 0 Å². The van der Waals surface area contributed by atoms with Crippen molar-refractivity contribution in [1.29, 1.82) is 0 Å². The van der Waals surface area contributed by atoms with Crippen LogP contribution in [0.3, 0.4) is 0 Å². The number of allylic oxidation sites excluding steroid dienone is 1. The Morgan fingerprint density at radius 1 is 1.80 bits per heavy atom. The van der Waals surface area contributed by atoms with Crippen molar-refractivity contribution in [2.24, 2.45) is 4.99 Å². The van der Waals surface area contributed by atoms with Crippen molar-refractivity contribution < 1.29 is 0 Å². The lowest BCUT2D eigenvalue weighted by Crippen LogP contribution is -2.07. The molecule has 1 aliphatic carbocycles. The maximum atomic E-state index is 5.79. The molecule has 3 heteroatoms. The topological polar surface area (TPSA) is 12.4 Å². The van der Waals surface area contributed by atoms with Crippen LogP contribution in [0.5, 0.6) is 0 Å². The van der Waals surface area contributed by atoms with E-state index >= 15 is 0 Å². The van der Waals surface area contributed by atoms with Crippen molar-refractivity contribution in [2.45, 2.75) is 25.3 Å². The Labute approximate surface area is 70.8 Å². The number of rotatable bonds is 1. The highest BCUT2D eigenvalue weighted by atomic mass is 35.5. The molecule has 0 bridgehead atoms. The molecule has 1 nitrogen and oxygen atoms in total. The number of nitrogens with zero attached hydrogens (tertiary/aromatic N) is 1. The van der Waals surface area contributed by atoms with Gasteiger partial charge in [0.2, 0.25) is 0 Å². The average molecular weight is 174 g/mol. The van der Waals surface area contributed by atoms with Gasteiger partial charge in [-0.25, -0.2) is 4.99 Å². The zero-order valence-corrected chi connectivity index (χ0v) is 7.08. The van der Waals surface area contributed by atoms with Gasteiger partial charge in [0.15, 0.2) is 0 Å². The molecule has 1 rings (SSSR count). The third kappa shape index (κ3) is 2.22. The second kappa shape index (κ2) is 3.87. The molecule has 0 aromatic rings. The van der Waals surface area contributed by atoms with Crippen LogP contribution in [0.15, 0.2) is 16.1 Å². The highest BCUT2D eigenvalue weighted by Crippen LogP contribution is 2.22. The Balaban J connectivity index is 2.53. The van der Waals surface area contributed by atoms with Gasteiger partial charge in [0.1, 0.15) is 0 Å². The number of halogens is 1. The first-order valence-corrected chi connectivity index (χ1v) is 4.03. The Bertz CT molecular complexity index is 194. The molecule has 0 aliphatic heterocycles. The Morgan fingerprint density at radius 2 is 2.60 bits per heavy atom. The highest BCUT2D eigenvalue weighted by molar-refractivity contribution is 7.78. The van der Waals surface area contributed by atoms with Crippen molar-refractivity contribution in [3.05, 3.63) is 11.1 Å². The molecule has 0 aromatic heterocycles. The zero-order chi connectivity index (χ0) is 7.40. The highest BCUT2D eigenvalue weighted by Gasteiger charge is 2.11. The van der Waals surface area contributed by atoms with E-state index in [0.29, 0.717) is 0 Å². The van der Waals surface area contributed by atoms with E-state index in [0.717, 1.165) is 24.3 Å². The van der Waals surface area contributed by atoms with Gasteiger partial charge < -0.3 is 0 Å². The normalized spacial score (nSPS) is 24.9.